The Labute approximate surface area is 158 Å². The van der Waals surface area contributed by atoms with Gasteiger partial charge in [0, 0.05) is 31.2 Å². The number of nitrogens with one attached hydrogen (secondary N) is 1. The highest BCUT2D eigenvalue weighted by Gasteiger charge is 2.22. The molecule has 1 heterocycles. The molecule has 2 N–H and O–H groups in total. The van der Waals surface area contributed by atoms with Crippen molar-refractivity contribution in [3.63, 3.8) is 0 Å². The van der Waals surface area contributed by atoms with E-state index < -0.39 is 6.10 Å². The zero-order chi connectivity index (χ0) is 17.3. The first-order valence-corrected chi connectivity index (χ1v) is 9.02. The Morgan fingerprint density at radius 3 is 2.50 bits per heavy atom. The molecule has 0 fully saturated rings. The van der Waals surface area contributed by atoms with Crippen LogP contribution in [-0.4, -0.2) is 15.3 Å². The molecule has 0 aliphatic carbocycles. The van der Waals surface area contributed by atoms with E-state index in [0.29, 0.717) is 21.3 Å². The zero-order valence-electron chi connectivity index (χ0n) is 12.9. The molecule has 24 heavy (non-hydrogen) atoms. The molecule has 0 aliphatic heterocycles. The number of aliphatic hydroxyl groups is 1. The van der Waals surface area contributed by atoms with Crippen LogP contribution in [0.4, 0.5) is 0 Å². The molecule has 0 saturated heterocycles. The first-order chi connectivity index (χ1) is 11.5. The number of H-pyrrole nitrogens is 1. The van der Waals surface area contributed by atoms with Crippen LogP contribution in [0.15, 0.2) is 46.9 Å². The number of hydrogen-bond acceptors (Lipinski definition) is 2. The molecule has 1 unspecified atom stereocenters. The molecule has 3 aromatic rings. The maximum absolute atomic E-state index is 10.8. The van der Waals surface area contributed by atoms with Gasteiger partial charge in [0.1, 0.15) is 6.10 Å². The van der Waals surface area contributed by atoms with Crippen molar-refractivity contribution in [2.24, 2.45) is 0 Å². The summed E-state index contributed by atoms with van der Waals surface area (Å²) in [6.07, 6.45) is -0.152. The lowest BCUT2D eigenvalue weighted by atomic mass is 9.98. The van der Waals surface area contributed by atoms with Gasteiger partial charge in [-0.2, -0.15) is 5.10 Å². The van der Waals surface area contributed by atoms with Crippen molar-refractivity contribution < 1.29 is 5.11 Å². The number of aromatic amines is 1. The standard InChI is InChI=1S/C18H15BrCl2N2O/c1-2-13-16(10-3-5-11(19)6-4-10)22-23-17(13)18(24)14-8-7-12(20)9-15(14)21/h3-9,18,24H,2H2,1H3,(H,22,23). The SMILES string of the molecule is CCc1c(-c2ccc(Br)cc2)n[nH]c1C(O)c1ccc(Cl)cc1Cl. The average molecular weight is 426 g/mol. The van der Waals surface area contributed by atoms with E-state index in [1.165, 1.54) is 0 Å². The molecule has 3 rings (SSSR count). The van der Waals surface area contributed by atoms with Crippen LogP contribution >= 0.6 is 39.1 Å². The summed E-state index contributed by atoms with van der Waals surface area (Å²) in [5.74, 6) is 0. The summed E-state index contributed by atoms with van der Waals surface area (Å²) in [5.41, 5.74) is 4.05. The molecule has 2 aromatic carbocycles. The Morgan fingerprint density at radius 2 is 1.88 bits per heavy atom. The molecule has 0 bridgehead atoms. The lowest BCUT2D eigenvalue weighted by Gasteiger charge is -2.13. The second-order valence-electron chi connectivity index (χ2n) is 5.39. The van der Waals surface area contributed by atoms with Crippen LogP contribution in [0.5, 0.6) is 0 Å². The highest BCUT2D eigenvalue weighted by Crippen LogP contribution is 2.34. The van der Waals surface area contributed by atoms with Gasteiger partial charge in [-0.15, -0.1) is 0 Å². The third-order valence-electron chi connectivity index (χ3n) is 3.90. The van der Waals surface area contributed by atoms with E-state index in [0.717, 1.165) is 27.7 Å². The molecule has 0 saturated carbocycles. The summed E-state index contributed by atoms with van der Waals surface area (Å²) >= 11 is 15.6. The average Bonchev–Trinajstić information content (AvgIpc) is 2.99. The molecule has 3 nitrogen and oxygen atoms in total. The molecule has 1 atom stereocenters. The quantitative estimate of drug-likeness (QED) is 0.555. The Kier molecular flexibility index (Phi) is 5.30. The fourth-order valence-electron chi connectivity index (χ4n) is 2.69. The number of halogens is 3. The van der Waals surface area contributed by atoms with Gasteiger partial charge in [0.25, 0.3) is 0 Å². The van der Waals surface area contributed by atoms with Gasteiger partial charge < -0.3 is 5.11 Å². The lowest BCUT2D eigenvalue weighted by molar-refractivity contribution is 0.214. The van der Waals surface area contributed by atoms with E-state index in [-0.39, 0.29) is 0 Å². The van der Waals surface area contributed by atoms with Gasteiger partial charge in [0.05, 0.1) is 11.4 Å². The van der Waals surface area contributed by atoms with Gasteiger partial charge >= 0.3 is 0 Å². The van der Waals surface area contributed by atoms with Crippen LogP contribution in [0.1, 0.15) is 29.8 Å². The van der Waals surface area contributed by atoms with Gasteiger partial charge in [-0.1, -0.05) is 64.3 Å². The summed E-state index contributed by atoms with van der Waals surface area (Å²) in [6.45, 7) is 2.03. The van der Waals surface area contributed by atoms with Crippen LogP contribution in [-0.2, 0) is 6.42 Å². The summed E-state index contributed by atoms with van der Waals surface area (Å²) in [5, 5.41) is 19.1. The molecular weight excluding hydrogens is 411 g/mol. The van der Waals surface area contributed by atoms with E-state index in [1.54, 1.807) is 18.2 Å². The van der Waals surface area contributed by atoms with Crippen molar-refractivity contribution in [1.82, 2.24) is 10.2 Å². The topological polar surface area (TPSA) is 48.9 Å². The molecule has 6 heteroatoms. The first-order valence-electron chi connectivity index (χ1n) is 7.47. The molecule has 0 spiro atoms. The largest absolute Gasteiger partial charge is 0.382 e. The Morgan fingerprint density at radius 1 is 1.17 bits per heavy atom. The minimum Gasteiger partial charge on any atom is -0.382 e. The number of rotatable bonds is 4. The molecular formula is C18H15BrCl2N2O. The van der Waals surface area contributed by atoms with E-state index >= 15 is 0 Å². The number of aromatic nitrogens is 2. The van der Waals surface area contributed by atoms with E-state index in [4.69, 9.17) is 23.2 Å². The minimum absolute atomic E-state index is 0.428. The number of nitrogens with zero attached hydrogens (tertiary/aromatic N) is 1. The van der Waals surface area contributed by atoms with Gasteiger partial charge in [-0.3, -0.25) is 5.10 Å². The molecule has 0 radical (unpaired) electrons. The van der Waals surface area contributed by atoms with Crippen molar-refractivity contribution >= 4 is 39.1 Å². The minimum atomic E-state index is -0.888. The van der Waals surface area contributed by atoms with Crippen LogP contribution in [0, 0.1) is 0 Å². The molecule has 0 amide bonds. The summed E-state index contributed by atoms with van der Waals surface area (Å²) in [4.78, 5) is 0. The number of aliphatic hydroxyl groups excluding tert-OH is 1. The molecule has 1 aromatic heterocycles. The van der Waals surface area contributed by atoms with Gasteiger partial charge in [-0.25, -0.2) is 0 Å². The van der Waals surface area contributed by atoms with Gasteiger partial charge in [-0.05, 0) is 30.7 Å². The Hall–Kier alpha value is -1.33. The highest BCUT2D eigenvalue weighted by molar-refractivity contribution is 9.10. The summed E-state index contributed by atoms with van der Waals surface area (Å²) in [7, 11) is 0. The van der Waals surface area contributed by atoms with Crippen molar-refractivity contribution in [3.8, 4) is 11.3 Å². The summed E-state index contributed by atoms with van der Waals surface area (Å²) < 4.78 is 1.01. The fraction of sp³-hybridized carbons (Fsp3) is 0.167. The second-order valence-corrected chi connectivity index (χ2v) is 7.15. The first kappa shape index (κ1) is 17.5. The molecule has 124 valence electrons. The molecule has 0 aliphatic rings. The second kappa shape index (κ2) is 7.28. The predicted octanol–water partition coefficient (Wildman–Crippen LogP) is 5.79. The van der Waals surface area contributed by atoms with Crippen LogP contribution in [0.2, 0.25) is 10.0 Å². The maximum Gasteiger partial charge on any atom is 0.122 e. The number of hydrogen-bond donors (Lipinski definition) is 2. The van der Waals surface area contributed by atoms with Crippen molar-refractivity contribution in [1.29, 1.82) is 0 Å². The van der Waals surface area contributed by atoms with Gasteiger partial charge in [0.2, 0.25) is 0 Å². The fourth-order valence-corrected chi connectivity index (χ4v) is 3.46. The number of benzene rings is 2. The van der Waals surface area contributed by atoms with E-state index in [2.05, 4.69) is 26.1 Å². The normalized spacial score (nSPS) is 12.4. The Bertz CT molecular complexity index is 862. The Balaban J connectivity index is 2.04. The summed E-state index contributed by atoms with van der Waals surface area (Å²) in [6, 6.07) is 13.0. The predicted molar refractivity (Wildman–Crippen MR) is 102 cm³/mol. The highest BCUT2D eigenvalue weighted by atomic mass is 79.9. The van der Waals surface area contributed by atoms with E-state index in [9.17, 15) is 5.11 Å². The monoisotopic (exact) mass is 424 g/mol. The van der Waals surface area contributed by atoms with Crippen LogP contribution < -0.4 is 0 Å². The van der Waals surface area contributed by atoms with Crippen molar-refractivity contribution in [2.45, 2.75) is 19.4 Å². The third kappa shape index (κ3) is 3.38. The maximum atomic E-state index is 10.8. The van der Waals surface area contributed by atoms with E-state index in [1.807, 2.05) is 31.2 Å². The van der Waals surface area contributed by atoms with Gasteiger partial charge in [0.15, 0.2) is 0 Å². The lowest BCUT2D eigenvalue weighted by Crippen LogP contribution is -2.04. The third-order valence-corrected chi connectivity index (χ3v) is 4.99. The van der Waals surface area contributed by atoms with Crippen molar-refractivity contribution in [3.05, 3.63) is 73.8 Å². The van der Waals surface area contributed by atoms with Crippen LogP contribution in [0.25, 0.3) is 11.3 Å². The zero-order valence-corrected chi connectivity index (χ0v) is 16.0. The van der Waals surface area contributed by atoms with Crippen LogP contribution in [0.3, 0.4) is 0 Å². The van der Waals surface area contributed by atoms with Crippen molar-refractivity contribution in [2.75, 3.05) is 0 Å². The smallest absolute Gasteiger partial charge is 0.122 e.